The van der Waals surface area contributed by atoms with Crippen LogP contribution in [-0.4, -0.2) is 30.4 Å². The van der Waals surface area contributed by atoms with Crippen LogP contribution in [-0.2, 0) is 17.8 Å². The van der Waals surface area contributed by atoms with Gasteiger partial charge in [0.05, 0.1) is 12.5 Å². The van der Waals surface area contributed by atoms with E-state index in [1.54, 1.807) is 11.3 Å². The van der Waals surface area contributed by atoms with E-state index >= 15 is 0 Å². The van der Waals surface area contributed by atoms with Gasteiger partial charge in [-0.25, -0.2) is 0 Å². The van der Waals surface area contributed by atoms with Crippen molar-refractivity contribution in [1.29, 1.82) is 0 Å². The van der Waals surface area contributed by atoms with Crippen molar-refractivity contribution in [2.75, 3.05) is 19.6 Å². The second-order valence-corrected chi connectivity index (χ2v) is 7.92. The molecule has 1 fully saturated rings. The zero-order valence-corrected chi connectivity index (χ0v) is 16.4. The maximum absolute atomic E-state index is 13.0. The third kappa shape index (κ3) is 5.84. The lowest BCUT2D eigenvalue weighted by atomic mass is 9.97. The van der Waals surface area contributed by atoms with E-state index in [2.05, 4.69) is 53.5 Å². The van der Waals surface area contributed by atoms with Gasteiger partial charge in [0, 0.05) is 22.8 Å². The van der Waals surface area contributed by atoms with E-state index in [1.165, 1.54) is 15.3 Å². The van der Waals surface area contributed by atoms with Crippen molar-refractivity contribution in [2.24, 2.45) is 5.92 Å². The van der Waals surface area contributed by atoms with Gasteiger partial charge in [-0.15, -0.1) is 23.7 Å². The second-order valence-electron chi connectivity index (χ2n) is 6.55. The number of piperidine rings is 1. The molecule has 0 saturated carbocycles. The average Bonchev–Trinajstić information content (AvgIpc) is 3.04. The van der Waals surface area contributed by atoms with Gasteiger partial charge in [-0.05, 0) is 50.4 Å². The van der Waals surface area contributed by atoms with Crippen molar-refractivity contribution in [3.05, 3.63) is 57.8 Å². The molecule has 1 aliphatic rings. The fourth-order valence-corrected chi connectivity index (χ4v) is 4.16. The van der Waals surface area contributed by atoms with Gasteiger partial charge in [-0.1, -0.05) is 30.3 Å². The summed E-state index contributed by atoms with van der Waals surface area (Å²) in [5, 5.41) is 3.37. The molecule has 136 valence electrons. The third-order valence-corrected chi connectivity index (χ3v) is 5.60. The monoisotopic (exact) mass is 378 g/mol. The van der Waals surface area contributed by atoms with Gasteiger partial charge >= 0.3 is 0 Å². The number of aryl methyl sites for hydroxylation is 1. The molecule has 5 heteroatoms. The van der Waals surface area contributed by atoms with Crippen molar-refractivity contribution < 1.29 is 4.79 Å². The van der Waals surface area contributed by atoms with Crippen LogP contribution in [0.3, 0.4) is 0 Å². The number of carbonyl (C=O) groups is 1. The number of thiophene rings is 1. The summed E-state index contributed by atoms with van der Waals surface area (Å²) in [4.78, 5) is 17.7. The van der Waals surface area contributed by atoms with Gasteiger partial charge in [-0.2, -0.15) is 0 Å². The van der Waals surface area contributed by atoms with E-state index in [0.29, 0.717) is 5.91 Å². The fourth-order valence-electron chi connectivity index (χ4n) is 3.25. The minimum absolute atomic E-state index is 0. The molecule has 0 radical (unpaired) electrons. The largest absolute Gasteiger partial charge is 0.337 e. The number of nitrogens with zero attached hydrogens (tertiary/aromatic N) is 1. The molecule has 1 N–H and O–H groups in total. The summed E-state index contributed by atoms with van der Waals surface area (Å²) in [5.41, 5.74) is 1.29. The Labute approximate surface area is 160 Å². The molecule has 1 aromatic heterocycles. The van der Waals surface area contributed by atoms with E-state index in [4.69, 9.17) is 0 Å². The molecule has 1 aromatic carbocycles. The molecule has 1 saturated heterocycles. The number of amides is 1. The maximum atomic E-state index is 13.0. The first kappa shape index (κ1) is 20.0. The molecule has 2 heterocycles. The fraction of sp³-hybridized carbons (Fsp3) is 0.450. The topological polar surface area (TPSA) is 32.3 Å². The quantitative estimate of drug-likeness (QED) is 0.822. The van der Waals surface area contributed by atoms with Gasteiger partial charge in [0.25, 0.3) is 0 Å². The summed E-state index contributed by atoms with van der Waals surface area (Å²) >= 11 is 1.79. The van der Waals surface area contributed by atoms with Crippen molar-refractivity contribution in [3.8, 4) is 0 Å². The Morgan fingerprint density at radius 1 is 1.24 bits per heavy atom. The van der Waals surface area contributed by atoms with Gasteiger partial charge in [-0.3, -0.25) is 4.79 Å². The predicted molar refractivity (Wildman–Crippen MR) is 107 cm³/mol. The molecule has 1 atom stereocenters. The molecule has 3 rings (SSSR count). The molecular weight excluding hydrogens is 352 g/mol. The van der Waals surface area contributed by atoms with E-state index in [9.17, 15) is 4.79 Å². The number of hydrogen-bond donors (Lipinski definition) is 1. The summed E-state index contributed by atoms with van der Waals surface area (Å²) in [6.07, 6.45) is 3.02. The molecule has 1 amide bonds. The lowest BCUT2D eigenvalue weighted by Gasteiger charge is -2.29. The van der Waals surface area contributed by atoms with Gasteiger partial charge in [0.15, 0.2) is 0 Å². The van der Waals surface area contributed by atoms with Gasteiger partial charge in [0.1, 0.15) is 0 Å². The van der Waals surface area contributed by atoms with Gasteiger partial charge in [0.2, 0.25) is 5.91 Å². The van der Waals surface area contributed by atoms with Crippen LogP contribution in [0.2, 0.25) is 0 Å². The number of hydrogen-bond acceptors (Lipinski definition) is 3. The summed E-state index contributed by atoms with van der Waals surface area (Å²) in [6.45, 7) is 5.51. The summed E-state index contributed by atoms with van der Waals surface area (Å²) < 4.78 is 0. The molecule has 1 unspecified atom stereocenters. The first-order valence-corrected chi connectivity index (χ1v) is 9.63. The lowest BCUT2D eigenvalue weighted by molar-refractivity contribution is -0.136. The second kappa shape index (κ2) is 9.95. The molecule has 3 nitrogen and oxygen atoms in total. The number of nitrogens with one attached hydrogen (secondary N) is 1. The van der Waals surface area contributed by atoms with E-state index in [-0.39, 0.29) is 18.3 Å². The first-order chi connectivity index (χ1) is 11.7. The van der Waals surface area contributed by atoms with E-state index < -0.39 is 0 Å². The van der Waals surface area contributed by atoms with Crippen molar-refractivity contribution in [1.82, 2.24) is 10.2 Å². The zero-order valence-electron chi connectivity index (χ0n) is 14.7. The molecule has 2 aromatic rings. The summed E-state index contributed by atoms with van der Waals surface area (Å²) in [7, 11) is 0. The van der Waals surface area contributed by atoms with Crippen LogP contribution in [0.25, 0.3) is 0 Å². The molecule has 1 aliphatic heterocycles. The SMILES string of the molecule is Cc1ccc(CN(CCc2ccccc2)C(=O)C2CCCNC2)s1.Cl. The zero-order chi connectivity index (χ0) is 16.8. The van der Waals surface area contributed by atoms with Gasteiger partial charge < -0.3 is 10.2 Å². The minimum Gasteiger partial charge on any atom is -0.337 e. The maximum Gasteiger partial charge on any atom is 0.227 e. The third-order valence-electron chi connectivity index (χ3n) is 4.61. The number of rotatable bonds is 6. The van der Waals surface area contributed by atoms with Crippen LogP contribution in [0.4, 0.5) is 0 Å². The van der Waals surface area contributed by atoms with Crippen LogP contribution < -0.4 is 5.32 Å². The number of halogens is 1. The first-order valence-electron chi connectivity index (χ1n) is 8.81. The molecule has 0 bridgehead atoms. The number of carbonyl (C=O) groups excluding carboxylic acids is 1. The van der Waals surface area contributed by atoms with E-state index in [1.807, 2.05) is 6.07 Å². The Balaban J connectivity index is 0.00000225. The number of benzene rings is 1. The Morgan fingerprint density at radius 3 is 2.68 bits per heavy atom. The Hall–Kier alpha value is -1.36. The van der Waals surface area contributed by atoms with Crippen LogP contribution in [0.1, 0.15) is 28.2 Å². The Kier molecular flexibility index (Phi) is 7.94. The highest BCUT2D eigenvalue weighted by atomic mass is 35.5. The Morgan fingerprint density at radius 2 is 2.04 bits per heavy atom. The molecule has 25 heavy (non-hydrogen) atoms. The normalized spacial score (nSPS) is 16.9. The van der Waals surface area contributed by atoms with Crippen molar-refractivity contribution >= 4 is 29.7 Å². The predicted octanol–water partition coefficient (Wildman–Crippen LogP) is 4.05. The molecule has 0 spiro atoms. The highest BCUT2D eigenvalue weighted by molar-refractivity contribution is 7.11. The summed E-state index contributed by atoms with van der Waals surface area (Å²) in [5.74, 6) is 0.444. The standard InChI is InChI=1S/C20H26N2OS.ClH/c1-16-9-10-19(24-16)15-22(13-11-17-6-3-2-4-7-17)20(23)18-8-5-12-21-14-18;/h2-4,6-7,9-10,18,21H,5,8,11-15H2,1H3;1H. The smallest absolute Gasteiger partial charge is 0.227 e. The van der Waals surface area contributed by atoms with Crippen LogP contribution >= 0.6 is 23.7 Å². The van der Waals surface area contributed by atoms with Crippen LogP contribution in [0.5, 0.6) is 0 Å². The van der Waals surface area contributed by atoms with Crippen molar-refractivity contribution in [3.63, 3.8) is 0 Å². The lowest BCUT2D eigenvalue weighted by Crippen LogP contribution is -2.43. The highest BCUT2D eigenvalue weighted by Gasteiger charge is 2.26. The Bertz CT molecular complexity index is 653. The van der Waals surface area contributed by atoms with E-state index in [0.717, 1.165) is 45.4 Å². The summed E-state index contributed by atoms with van der Waals surface area (Å²) in [6, 6.07) is 14.7. The van der Waals surface area contributed by atoms with Crippen LogP contribution in [0.15, 0.2) is 42.5 Å². The van der Waals surface area contributed by atoms with Crippen LogP contribution in [0, 0.1) is 12.8 Å². The molecular formula is C20H27ClN2OS. The molecule has 0 aliphatic carbocycles. The minimum atomic E-state index is 0. The van der Waals surface area contributed by atoms with Crippen molar-refractivity contribution in [2.45, 2.75) is 32.7 Å². The average molecular weight is 379 g/mol. The highest BCUT2D eigenvalue weighted by Crippen LogP contribution is 2.20.